The largest absolute Gasteiger partial charge is 0.396 e. The van der Waals surface area contributed by atoms with Gasteiger partial charge < -0.3 is 10.6 Å². The van der Waals surface area contributed by atoms with Crippen LogP contribution in [0.3, 0.4) is 0 Å². The van der Waals surface area contributed by atoms with Gasteiger partial charge in [0.05, 0.1) is 29.2 Å². The van der Waals surface area contributed by atoms with E-state index in [0.717, 1.165) is 5.69 Å². The van der Waals surface area contributed by atoms with E-state index in [-0.39, 0.29) is 5.82 Å². The minimum atomic E-state index is -0.335. The molecule has 1 aromatic heterocycles. The molecule has 4 nitrogen and oxygen atoms in total. The second-order valence-electron chi connectivity index (χ2n) is 4.21. The third-order valence-electron chi connectivity index (χ3n) is 2.82. The Labute approximate surface area is 110 Å². The lowest BCUT2D eigenvalue weighted by molar-refractivity contribution is 0.607. The molecule has 19 heavy (non-hydrogen) atoms. The number of hydrogen-bond acceptors (Lipinski definition) is 4. The molecule has 0 unspecified atom stereocenters. The van der Waals surface area contributed by atoms with Crippen molar-refractivity contribution in [3.63, 3.8) is 0 Å². The van der Waals surface area contributed by atoms with Crippen LogP contribution < -0.4 is 10.6 Å². The number of benzene rings is 1. The van der Waals surface area contributed by atoms with Crippen molar-refractivity contribution in [2.45, 2.75) is 6.54 Å². The first kappa shape index (κ1) is 12.8. The molecule has 0 spiro atoms. The molecular formula is C14H13FN4. The van der Waals surface area contributed by atoms with E-state index in [9.17, 15) is 4.39 Å². The van der Waals surface area contributed by atoms with Crippen molar-refractivity contribution in [2.24, 2.45) is 0 Å². The monoisotopic (exact) mass is 256 g/mol. The molecule has 1 heterocycles. The van der Waals surface area contributed by atoms with E-state index in [1.807, 2.05) is 18.0 Å². The lowest BCUT2D eigenvalue weighted by Gasteiger charge is -2.21. The van der Waals surface area contributed by atoms with Gasteiger partial charge in [0.2, 0.25) is 0 Å². The molecule has 0 aliphatic rings. The fraction of sp³-hybridized carbons (Fsp3) is 0.143. The summed E-state index contributed by atoms with van der Waals surface area (Å²) in [4.78, 5) is 5.73. The Hall–Kier alpha value is -2.61. The van der Waals surface area contributed by atoms with Crippen LogP contribution >= 0.6 is 0 Å². The van der Waals surface area contributed by atoms with Crippen LogP contribution in [0.4, 0.5) is 15.8 Å². The Balaban J connectivity index is 2.27. The maximum atomic E-state index is 13.7. The number of nitrogens with zero attached hydrogens (tertiary/aromatic N) is 3. The lowest BCUT2D eigenvalue weighted by Crippen LogP contribution is -2.18. The highest BCUT2D eigenvalue weighted by Crippen LogP contribution is 2.22. The van der Waals surface area contributed by atoms with Gasteiger partial charge in [0, 0.05) is 25.4 Å². The number of anilines is 2. The molecule has 0 fully saturated rings. The smallest absolute Gasteiger partial charge is 0.128 e. The summed E-state index contributed by atoms with van der Waals surface area (Å²) in [6.07, 6.45) is 3.18. The van der Waals surface area contributed by atoms with Crippen molar-refractivity contribution in [1.82, 2.24) is 4.98 Å². The molecule has 0 amide bonds. The molecule has 2 aromatic rings. The molecule has 1 aromatic carbocycles. The molecule has 2 N–H and O–H groups in total. The lowest BCUT2D eigenvalue weighted by atomic mass is 10.1. The van der Waals surface area contributed by atoms with E-state index < -0.39 is 0 Å². The zero-order valence-electron chi connectivity index (χ0n) is 10.5. The number of nitriles is 1. The summed E-state index contributed by atoms with van der Waals surface area (Å²) in [5.74, 6) is -0.335. The first-order valence-electron chi connectivity index (χ1n) is 5.71. The topological polar surface area (TPSA) is 65.9 Å². The molecule has 5 heteroatoms. The van der Waals surface area contributed by atoms with E-state index >= 15 is 0 Å². The molecular weight excluding hydrogens is 243 g/mol. The van der Waals surface area contributed by atoms with Gasteiger partial charge >= 0.3 is 0 Å². The van der Waals surface area contributed by atoms with Gasteiger partial charge in [0.1, 0.15) is 5.82 Å². The minimum absolute atomic E-state index is 0.329. The Morgan fingerprint density at radius 1 is 1.42 bits per heavy atom. The number of nitrogen functional groups attached to an aromatic ring is 1. The summed E-state index contributed by atoms with van der Waals surface area (Å²) in [5.41, 5.74) is 8.02. The van der Waals surface area contributed by atoms with Gasteiger partial charge in [-0.05, 0) is 24.3 Å². The summed E-state index contributed by atoms with van der Waals surface area (Å²) >= 11 is 0. The number of nitrogens with two attached hydrogens (primary N) is 1. The molecule has 2 rings (SSSR count). The fourth-order valence-electron chi connectivity index (χ4n) is 1.85. The predicted octanol–water partition coefficient (Wildman–Crippen LogP) is 2.31. The summed E-state index contributed by atoms with van der Waals surface area (Å²) < 4.78 is 13.7. The van der Waals surface area contributed by atoms with Gasteiger partial charge in [0.15, 0.2) is 0 Å². The average molecular weight is 256 g/mol. The van der Waals surface area contributed by atoms with Crippen molar-refractivity contribution in [2.75, 3.05) is 17.7 Å². The minimum Gasteiger partial charge on any atom is -0.396 e. The van der Waals surface area contributed by atoms with Crippen LogP contribution in [0.25, 0.3) is 0 Å². The molecule has 0 aliphatic heterocycles. The summed E-state index contributed by atoms with van der Waals surface area (Å²) in [7, 11) is 1.81. The van der Waals surface area contributed by atoms with E-state index in [4.69, 9.17) is 11.0 Å². The normalized spacial score (nSPS) is 9.95. The predicted molar refractivity (Wildman–Crippen MR) is 71.9 cm³/mol. The fourth-order valence-corrected chi connectivity index (χ4v) is 1.85. The number of halogens is 1. The molecule has 0 saturated heterocycles. The zero-order chi connectivity index (χ0) is 13.8. The van der Waals surface area contributed by atoms with Gasteiger partial charge in [-0.1, -0.05) is 0 Å². The van der Waals surface area contributed by atoms with Crippen LogP contribution in [-0.2, 0) is 6.54 Å². The summed E-state index contributed by atoms with van der Waals surface area (Å²) in [5, 5.41) is 8.83. The molecule has 0 radical (unpaired) electrons. The van der Waals surface area contributed by atoms with Crippen molar-refractivity contribution in [1.29, 1.82) is 5.26 Å². The van der Waals surface area contributed by atoms with Crippen LogP contribution in [-0.4, -0.2) is 12.0 Å². The van der Waals surface area contributed by atoms with Gasteiger partial charge in [-0.25, -0.2) is 4.39 Å². The number of rotatable bonds is 3. The highest BCUT2D eigenvalue weighted by molar-refractivity contribution is 5.65. The Kier molecular flexibility index (Phi) is 3.62. The van der Waals surface area contributed by atoms with Gasteiger partial charge in [0.25, 0.3) is 0 Å². The van der Waals surface area contributed by atoms with Crippen molar-refractivity contribution in [3.05, 3.63) is 53.6 Å². The maximum Gasteiger partial charge on any atom is 0.128 e. The van der Waals surface area contributed by atoms with E-state index in [2.05, 4.69) is 4.98 Å². The van der Waals surface area contributed by atoms with Gasteiger partial charge in [-0.3, -0.25) is 4.98 Å². The second-order valence-corrected chi connectivity index (χ2v) is 4.21. The average Bonchev–Trinajstić information content (AvgIpc) is 2.41. The standard InChI is InChI=1S/C14H13FN4/c1-19(14-4-5-18-8-13(14)17)9-11-6-10(7-16)2-3-12(11)15/h2-6,8H,9,17H2,1H3. The molecule has 0 atom stereocenters. The number of aromatic nitrogens is 1. The van der Waals surface area contributed by atoms with E-state index in [0.29, 0.717) is 23.4 Å². The molecule has 0 saturated carbocycles. The first-order valence-corrected chi connectivity index (χ1v) is 5.71. The number of hydrogen-bond donors (Lipinski definition) is 1. The van der Waals surface area contributed by atoms with Crippen LogP contribution in [0.2, 0.25) is 0 Å². The van der Waals surface area contributed by atoms with Crippen LogP contribution in [0.5, 0.6) is 0 Å². The van der Waals surface area contributed by atoms with Crippen molar-refractivity contribution >= 4 is 11.4 Å². The zero-order valence-corrected chi connectivity index (χ0v) is 10.5. The highest BCUT2D eigenvalue weighted by atomic mass is 19.1. The third-order valence-corrected chi connectivity index (χ3v) is 2.82. The van der Waals surface area contributed by atoms with E-state index in [1.54, 1.807) is 24.5 Å². The van der Waals surface area contributed by atoms with Crippen LogP contribution in [0, 0.1) is 17.1 Å². The Morgan fingerprint density at radius 3 is 2.89 bits per heavy atom. The van der Waals surface area contributed by atoms with Gasteiger partial charge in [-0.15, -0.1) is 0 Å². The first-order chi connectivity index (χ1) is 9.11. The highest BCUT2D eigenvalue weighted by Gasteiger charge is 2.09. The van der Waals surface area contributed by atoms with Crippen molar-refractivity contribution in [3.8, 4) is 6.07 Å². The second kappa shape index (κ2) is 5.36. The van der Waals surface area contributed by atoms with Gasteiger partial charge in [-0.2, -0.15) is 5.26 Å². The van der Waals surface area contributed by atoms with E-state index in [1.165, 1.54) is 12.1 Å². The Bertz CT molecular complexity index is 634. The number of pyridine rings is 1. The molecule has 0 bridgehead atoms. The maximum absolute atomic E-state index is 13.7. The van der Waals surface area contributed by atoms with Crippen LogP contribution in [0.15, 0.2) is 36.7 Å². The quantitative estimate of drug-likeness (QED) is 0.915. The summed E-state index contributed by atoms with van der Waals surface area (Å²) in [6, 6.07) is 8.07. The van der Waals surface area contributed by atoms with Crippen LogP contribution in [0.1, 0.15) is 11.1 Å². The van der Waals surface area contributed by atoms with Crippen molar-refractivity contribution < 1.29 is 4.39 Å². The SMILES string of the molecule is CN(Cc1cc(C#N)ccc1F)c1ccncc1N. The molecule has 0 aliphatic carbocycles. The molecule has 96 valence electrons. The Morgan fingerprint density at radius 2 is 2.21 bits per heavy atom. The third kappa shape index (κ3) is 2.80. The summed E-state index contributed by atoms with van der Waals surface area (Å²) in [6.45, 7) is 0.329.